The molecule has 0 fully saturated rings. The van der Waals surface area contributed by atoms with Crippen LogP contribution >= 0.6 is 39.0 Å². The molecule has 0 radical (unpaired) electrons. The number of aryl methyl sites for hydroxylation is 2. The van der Waals surface area contributed by atoms with Crippen LogP contribution in [0.4, 0.5) is 5.69 Å². The van der Waals surface area contributed by atoms with Gasteiger partial charge in [0.15, 0.2) is 0 Å². The van der Waals surface area contributed by atoms with Gasteiger partial charge in [0.1, 0.15) is 10.7 Å². The first-order valence-corrected chi connectivity index (χ1v) is 11.0. The zero-order chi connectivity index (χ0) is 18.1. The number of hydrogen-bond acceptors (Lipinski definition) is 5. The number of amides is 1. The van der Waals surface area contributed by atoms with Crippen LogP contribution in [0.2, 0.25) is 0 Å². The number of nitrogens with zero attached hydrogens (tertiary/aromatic N) is 1. The third-order valence-corrected chi connectivity index (χ3v) is 6.83. The lowest BCUT2D eigenvalue weighted by atomic mass is 10.2. The molecule has 0 aliphatic heterocycles. The lowest BCUT2D eigenvalue weighted by Crippen LogP contribution is -2.15. The molecule has 26 heavy (non-hydrogen) atoms. The molecule has 3 aromatic rings. The van der Waals surface area contributed by atoms with Crippen molar-refractivity contribution in [2.24, 2.45) is 0 Å². The molecule has 0 atom stereocenters. The summed E-state index contributed by atoms with van der Waals surface area (Å²) in [6.45, 7) is 0. The van der Waals surface area contributed by atoms with Crippen molar-refractivity contribution in [3.63, 3.8) is 0 Å². The average Bonchev–Trinajstić information content (AvgIpc) is 3.15. The van der Waals surface area contributed by atoms with Crippen molar-refractivity contribution in [3.8, 4) is 0 Å². The maximum Gasteiger partial charge on any atom is 0.259 e. The van der Waals surface area contributed by atoms with Gasteiger partial charge in [0.2, 0.25) is 5.91 Å². The Morgan fingerprint density at radius 3 is 3.12 bits per heavy atom. The normalized spacial score (nSPS) is 13.1. The van der Waals surface area contributed by atoms with Crippen LogP contribution in [0.3, 0.4) is 0 Å². The van der Waals surface area contributed by atoms with E-state index in [0.29, 0.717) is 17.3 Å². The van der Waals surface area contributed by atoms with Crippen LogP contribution in [0.5, 0.6) is 0 Å². The number of fused-ring (bicyclic) bond motifs is 3. The predicted octanol–water partition coefficient (Wildman–Crippen LogP) is 4.11. The van der Waals surface area contributed by atoms with Crippen molar-refractivity contribution < 1.29 is 4.79 Å². The number of halogens is 1. The highest BCUT2D eigenvalue weighted by molar-refractivity contribution is 9.10. The molecular weight excluding hydrogens is 434 g/mol. The van der Waals surface area contributed by atoms with E-state index in [1.165, 1.54) is 22.2 Å². The van der Waals surface area contributed by atoms with E-state index in [1.807, 2.05) is 24.3 Å². The SMILES string of the molecule is O=C(CSCc1nc2sc3c(c2c(=O)[nH]1)CCC3)Nc1cccc(Br)c1. The Hall–Kier alpha value is -1.64. The van der Waals surface area contributed by atoms with Crippen LogP contribution in [0, 0.1) is 0 Å². The highest BCUT2D eigenvalue weighted by atomic mass is 79.9. The summed E-state index contributed by atoms with van der Waals surface area (Å²) < 4.78 is 0.917. The molecule has 134 valence electrons. The highest BCUT2D eigenvalue weighted by Gasteiger charge is 2.21. The fourth-order valence-corrected chi connectivity index (χ4v) is 5.49. The summed E-state index contributed by atoms with van der Waals surface area (Å²) in [4.78, 5) is 34.1. The number of aromatic amines is 1. The molecule has 4 rings (SSSR count). The zero-order valence-electron chi connectivity index (χ0n) is 13.8. The van der Waals surface area contributed by atoms with E-state index in [4.69, 9.17) is 0 Å². The summed E-state index contributed by atoms with van der Waals surface area (Å²) in [5.74, 6) is 1.35. The Morgan fingerprint density at radius 1 is 1.38 bits per heavy atom. The second-order valence-electron chi connectivity index (χ2n) is 6.10. The van der Waals surface area contributed by atoms with E-state index in [-0.39, 0.29) is 11.5 Å². The van der Waals surface area contributed by atoms with E-state index >= 15 is 0 Å². The van der Waals surface area contributed by atoms with Gasteiger partial charge in [-0.25, -0.2) is 4.98 Å². The van der Waals surface area contributed by atoms with Crippen LogP contribution in [-0.2, 0) is 23.4 Å². The third-order valence-electron chi connectivity index (χ3n) is 4.20. The number of H-pyrrole nitrogens is 1. The Morgan fingerprint density at radius 2 is 2.27 bits per heavy atom. The molecule has 0 bridgehead atoms. The molecule has 2 aromatic heterocycles. The highest BCUT2D eigenvalue weighted by Crippen LogP contribution is 2.34. The second kappa shape index (κ2) is 7.54. The molecule has 5 nitrogen and oxygen atoms in total. The molecule has 0 saturated carbocycles. The molecule has 8 heteroatoms. The number of carbonyl (C=O) groups excluding carboxylic acids is 1. The molecule has 0 spiro atoms. The minimum atomic E-state index is -0.0772. The fraction of sp³-hybridized carbons (Fsp3) is 0.278. The van der Waals surface area contributed by atoms with Gasteiger partial charge in [-0.3, -0.25) is 9.59 Å². The lowest BCUT2D eigenvalue weighted by molar-refractivity contribution is -0.113. The van der Waals surface area contributed by atoms with Crippen molar-refractivity contribution >= 4 is 60.8 Å². The van der Waals surface area contributed by atoms with Gasteiger partial charge in [-0.15, -0.1) is 23.1 Å². The number of aromatic nitrogens is 2. The number of rotatable bonds is 5. The zero-order valence-corrected chi connectivity index (χ0v) is 17.0. The molecule has 1 aliphatic carbocycles. The van der Waals surface area contributed by atoms with Gasteiger partial charge < -0.3 is 10.3 Å². The summed E-state index contributed by atoms with van der Waals surface area (Å²) >= 11 is 6.45. The predicted molar refractivity (Wildman–Crippen MR) is 111 cm³/mol. The average molecular weight is 450 g/mol. The van der Waals surface area contributed by atoms with Crippen molar-refractivity contribution in [3.05, 3.63) is 55.4 Å². The standard InChI is InChI=1S/C18H16BrN3O2S2/c19-10-3-1-4-11(7-10)20-15(23)9-25-8-14-21-17(24)16-12-5-2-6-13(12)26-18(16)22-14/h1,3-4,7H,2,5-6,8-9H2,(H,20,23)(H,21,22,24). The topological polar surface area (TPSA) is 74.8 Å². The summed E-state index contributed by atoms with van der Waals surface area (Å²) in [5.41, 5.74) is 1.89. The van der Waals surface area contributed by atoms with Crippen molar-refractivity contribution in [1.82, 2.24) is 9.97 Å². The van der Waals surface area contributed by atoms with Gasteiger partial charge in [-0.2, -0.15) is 0 Å². The van der Waals surface area contributed by atoms with Crippen LogP contribution in [0.25, 0.3) is 10.2 Å². The maximum absolute atomic E-state index is 12.4. The maximum atomic E-state index is 12.4. The molecule has 1 aromatic carbocycles. The van der Waals surface area contributed by atoms with Crippen molar-refractivity contribution in [1.29, 1.82) is 0 Å². The van der Waals surface area contributed by atoms with Gasteiger partial charge in [0, 0.05) is 15.0 Å². The summed E-state index contributed by atoms with van der Waals surface area (Å²) in [6, 6.07) is 7.47. The smallest absolute Gasteiger partial charge is 0.259 e. The van der Waals surface area contributed by atoms with Crippen LogP contribution in [0.15, 0.2) is 33.5 Å². The Balaban J connectivity index is 1.39. The summed E-state index contributed by atoms with van der Waals surface area (Å²) in [5, 5.41) is 3.62. The monoisotopic (exact) mass is 449 g/mol. The summed E-state index contributed by atoms with van der Waals surface area (Å²) in [7, 11) is 0. The Labute approximate surface area is 166 Å². The summed E-state index contributed by atoms with van der Waals surface area (Å²) in [6.07, 6.45) is 3.15. The molecule has 2 heterocycles. The van der Waals surface area contributed by atoms with Crippen molar-refractivity contribution in [2.75, 3.05) is 11.1 Å². The second-order valence-corrected chi connectivity index (χ2v) is 9.09. The minimum Gasteiger partial charge on any atom is -0.325 e. The third kappa shape index (κ3) is 3.72. The van der Waals surface area contributed by atoms with Crippen LogP contribution < -0.4 is 10.9 Å². The first-order valence-electron chi connectivity index (χ1n) is 8.27. The number of carbonyl (C=O) groups is 1. The Bertz CT molecular complexity index is 1040. The quantitative estimate of drug-likeness (QED) is 0.614. The first kappa shape index (κ1) is 17.8. The number of thioether (sulfide) groups is 1. The first-order chi connectivity index (χ1) is 12.6. The molecule has 0 saturated heterocycles. The van der Waals surface area contributed by atoms with Gasteiger partial charge in [0.05, 0.1) is 16.9 Å². The van der Waals surface area contributed by atoms with Crippen LogP contribution in [-0.4, -0.2) is 21.6 Å². The number of nitrogens with one attached hydrogen (secondary N) is 2. The van der Waals surface area contributed by atoms with E-state index in [2.05, 4.69) is 31.2 Å². The van der Waals surface area contributed by atoms with Crippen molar-refractivity contribution in [2.45, 2.75) is 25.0 Å². The molecule has 1 amide bonds. The van der Waals surface area contributed by atoms with E-state index in [1.54, 1.807) is 11.3 Å². The molecule has 0 unspecified atom stereocenters. The van der Waals surface area contributed by atoms with Crippen LogP contribution in [0.1, 0.15) is 22.7 Å². The molecular formula is C18H16BrN3O2S2. The van der Waals surface area contributed by atoms with Gasteiger partial charge in [0.25, 0.3) is 5.56 Å². The largest absolute Gasteiger partial charge is 0.325 e. The van der Waals surface area contributed by atoms with E-state index < -0.39 is 0 Å². The number of anilines is 1. The number of benzene rings is 1. The minimum absolute atomic E-state index is 0.0522. The van der Waals surface area contributed by atoms with Gasteiger partial charge in [-0.1, -0.05) is 22.0 Å². The number of hydrogen-bond donors (Lipinski definition) is 2. The number of thiophene rings is 1. The van der Waals surface area contributed by atoms with E-state index in [0.717, 1.165) is 39.6 Å². The lowest BCUT2D eigenvalue weighted by Gasteiger charge is -2.05. The molecule has 1 aliphatic rings. The fourth-order valence-electron chi connectivity index (χ4n) is 3.12. The Kier molecular flexibility index (Phi) is 5.15. The van der Waals surface area contributed by atoms with Gasteiger partial charge >= 0.3 is 0 Å². The molecule has 2 N–H and O–H groups in total. The van der Waals surface area contributed by atoms with Gasteiger partial charge in [-0.05, 0) is 43.0 Å². The van der Waals surface area contributed by atoms with E-state index in [9.17, 15) is 9.59 Å².